The van der Waals surface area contributed by atoms with E-state index >= 15 is 0 Å². The maximum Gasteiger partial charge on any atom is 0.252 e. The number of rotatable bonds is 5. The van der Waals surface area contributed by atoms with E-state index in [-0.39, 0.29) is 22.1 Å². The van der Waals surface area contributed by atoms with Gasteiger partial charge in [-0.3, -0.25) is 4.79 Å². The van der Waals surface area contributed by atoms with Gasteiger partial charge in [0.05, 0.1) is 17.6 Å². The number of hydrogen-bond acceptors (Lipinski definition) is 5. The van der Waals surface area contributed by atoms with Gasteiger partial charge in [0.2, 0.25) is 10.0 Å². The van der Waals surface area contributed by atoms with Crippen LogP contribution in [-0.2, 0) is 10.0 Å². The van der Waals surface area contributed by atoms with Gasteiger partial charge in [-0.25, -0.2) is 8.42 Å². The maximum absolute atomic E-state index is 12.9. The van der Waals surface area contributed by atoms with Crippen LogP contribution in [0.1, 0.15) is 27.6 Å². The minimum absolute atomic E-state index is 0.0592. The van der Waals surface area contributed by atoms with Crippen molar-refractivity contribution in [2.75, 3.05) is 20.2 Å². The zero-order valence-electron chi connectivity index (χ0n) is 13.1. The molecule has 8 heteroatoms. The van der Waals surface area contributed by atoms with Crippen molar-refractivity contribution in [1.82, 2.24) is 4.31 Å². The van der Waals surface area contributed by atoms with Gasteiger partial charge in [-0.15, -0.1) is 11.3 Å². The number of carbonyl (C=O) groups is 1. The first-order valence-corrected chi connectivity index (χ1v) is 9.77. The largest absolute Gasteiger partial charge is 0.496 e. The summed E-state index contributed by atoms with van der Waals surface area (Å²) in [5.74, 6) is -0.241. The maximum atomic E-state index is 12.9. The van der Waals surface area contributed by atoms with Crippen molar-refractivity contribution in [2.45, 2.75) is 17.2 Å². The van der Waals surface area contributed by atoms with Gasteiger partial charge in [0.1, 0.15) is 5.75 Å². The number of methoxy groups -OCH3 is 1. The van der Waals surface area contributed by atoms with Crippen LogP contribution >= 0.6 is 11.3 Å². The molecule has 0 aliphatic carbocycles. The highest BCUT2D eigenvalue weighted by Gasteiger charge is 2.34. The highest BCUT2D eigenvalue weighted by atomic mass is 32.2. The summed E-state index contributed by atoms with van der Waals surface area (Å²) >= 11 is 1.64. The van der Waals surface area contributed by atoms with E-state index in [9.17, 15) is 13.2 Å². The van der Waals surface area contributed by atoms with Crippen LogP contribution in [0.5, 0.6) is 5.75 Å². The van der Waals surface area contributed by atoms with Crippen molar-refractivity contribution in [1.29, 1.82) is 0 Å². The average Bonchev–Trinajstić information content (AvgIpc) is 3.25. The van der Waals surface area contributed by atoms with Crippen LogP contribution in [0.3, 0.4) is 0 Å². The lowest BCUT2D eigenvalue weighted by molar-refractivity contribution is 0.0997. The first kappa shape index (κ1) is 16.9. The van der Waals surface area contributed by atoms with Crippen LogP contribution < -0.4 is 10.5 Å². The van der Waals surface area contributed by atoms with Gasteiger partial charge < -0.3 is 10.5 Å². The van der Waals surface area contributed by atoms with Gasteiger partial charge in [-0.2, -0.15) is 4.31 Å². The molecule has 1 unspecified atom stereocenters. The molecule has 2 heterocycles. The lowest BCUT2D eigenvalue weighted by atomic mass is 10.1. The molecular weight excluding hydrogens is 348 g/mol. The molecule has 1 atom stereocenters. The van der Waals surface area contributed by atoms with Crippen LogP contribution in [0.4, 0.5) is 0 Å². The summed E-state index contributed by atoms with van der Waals surface area (Å²) in [4.78, 5) is 12.8. The predicted molar refractivity (Wildman–Crippen MR) is 91.9 cm³/mol. The first-order valence-electron chi connectivity index (χ1n) is 7.45. The number of amides is 1. The quantitative estimate of drug-likeness (QED) is 0.877. The van der Waals surface area contributed by atoms with Gasteiger partial charge >= 0.3 is 0 Å². The van der Waals surface area contributed by atoms with Gasteiger partial charge in [0.15, 0.2) is 0 Å². The number of carbonyl (C=O) groups excluding carboxylic acids is 1. The molecule has 1 amide bonds. The third-order valence-corrected chi connectivity index (χ3v) is 7.07. The summed E-state index contributed by atoms with van der Waals surface area (Å²) in [5.41, 5.74) is 5.38. The normalized spacial score (nSPS) is 18.6. The summed E-state index contributed by atoms with van der Waals surface area (Å²) in [5, 5.41) is 2.00. The summed E-state index contributed by atoms with van der Waals surface area (Å²) in [6, 6.07) is 8.19. The van der Waals surface area contributed by atoms with E-state index in [1.54, 1.807) is 11.3 Å². The molecule has 1 saturated heterocycles. The Kier molecular flexibility index (Phi) is 4.62. The van der Waals surface area contributed by atoms with Gasteiger partial charge in [-0.05, 0) is 36.1 Å². The monoisotopic (exact) mass is 366 g/mol. The fourth-order valence-corrected chi connectivity index (χ4v) is 5.27. The summed E-state index contributed by atoms with van der Waals surface area (Å²) in [6.07, 6.45) is 0.790. The van der Waals surface area contributed by atoms with Gasteiger partial charge in [-0.1, -0.05) is 6.07 Å². The van der Waals surface area contributed by atoms with E-state index in [0.717, 1.165) is 6.42 Å². The lowest BCUT2D eigenvalue weighted by Crippen LogP contribution is -2.29. The van der Waals surface area contributed by atoms with E-state index < -0.39 is 15.9 Å². The van der Waals surface area contributed by atoms with Gasteiger partial charge in [0, 0.05) is 23.9 Å². The standard InChI is InChI=1S/C16H18N2O4S2/c1-22-14-5-4-12(9-13(14)16(17)19)24(20,21)18-7-6-11(10-18)15-3-2-8-23-15/h2-5,8-9,11H,6-7,10H2,1H3,(H2,17,19). The van der Waals surface area contributed by atoms with Crippen molar-refractivity contribution in [3.05, 3.63) is 46.2 Å². The second-order valence-electron chi connectivity index (χ2n) is 5.59. The molecule has 24 heavy (non-hydrogen) atoms. The van der Waals surface area contributed by atoms with Crippen LogP contribution in [0.25, 0.3) is 0 Å². The molecule has 0 bridgehead atoms. The number of nitrogens with two attached hydrogens (primary N) is 1. The Hall–Kier alpha value is -1.90. The number of primary amides is 1. The summed E-state index contributed by atoms with van der Waals surface area (Å²) in [6.45, 7) is 0.906. The second kappa shape index (κ2) is 6.54. The number of nitrogens with zero attached hydrogens (tertiary/aromatic N) is 1. The Morgan fingerprint density at radius 2 is 2.17 bits per heavy atom. The molecule has 0 saturated carbocycles. The van der Waals surface area contributed by atoms with Crippen molar-refractivity contribution in [3.63, 3.8) is 0 Å². The smallest absolute Gasteiger partial charge is 0.252 e. The molecule has 1 aromatic carbocycles. The van der Waals surface area contributed by atoms with E-state index in [1.807, 2.05) is 17.5 Å². The molecule has 0 spiro atoms. The van der Waals surface area contributed by atoms with E-state index in [1.165, 1.54) is 34.5 Å². The highest BCUT2D eigenvalue weighted by Crippen LogP contribution is 2.34. The summed E-state index contributed by atoms with van der Waals surface area (Å²) in [7, 11) is -2.26. The second-order valence-corrected chi connectivity index (χ2v) is 8.51. The molecule has 2 N–H and O–H groups in total. The van der Waals surface area contributed by atoms with Gasteiger partial charge in [0.25, 0.3) is 5.91 Å². The van der Waals surface area contributed by atoms with E-state index in [4.69, 9.17) is 10.5 Å². The molecule has 1 aromatic heterocycles. The Labute approximate surface area is 144 Å². The third kappa shape index (κ3) is 3.04. The fraction of sp³-hybridized carbons (Fsp3) is 0.312. The minimum Gasteiger partial charge on any atom is -0.496 e. The Balaban J connectivity index is 1.89. The van der Waals surface area contributed by atoms with Crippen LogP contribution in [0.15, 0.2) is 40.6 Å². The molecular formula is C16H18N2O4S2. The van der Waals surface area contributed by atoms with E-state index in [2.05, 4.69) is 0 Å². The molecule has 6 nitrogen and oxygen atoms in total. The van der Waals surface area contributed by atoms with Crippen molar-refractivity contribution < 1.29 is 17.9 Å². The third-order valence-electron chi connectivity index (χ3n) is 4.17. The Morgan fingerprint density at radius 3 is 2.79 bits per heavy atom. The Bertz CT molecular complexity index is 847. The van der Waals surface area contributed by atoms with Crippen LogP contribution in [0, 0.1) is 0 Å². The number of sulfonamides is 1. The molecule has 2 aromatic rings. The minimum atomic E-state index is -3.67. The number of ether oxygens (including phenoxy) is 1. The fourth-order valence-electron chi connectivity index (χ4n) is 2.89. The molecule has 0 radical (unpaired) electrons. The topological polar surface area (TPSA) is 89.7 Å². The average molecular weight is 366 g/mol. The Morgan fingerprint density at radius 1 is 1.38 bits per heavy atom. The number of benzene rings is 1. The SMILES string of the molecule is COc1ccc(S(=O)(=O)N2CCC(c3cccs3)C2)cc1C(N)=O. The van der Waals surface area contributed by atoms with Crippen LogP contribution in [-0.4, -0.2) is 38.8 Å². The molecule has 128 valence electrons. The molecule has 1 aliphatic rings. The van der Waals surface area contributed by atoms with Crippen LogP contribution in [0.2, 0.25) is 0 Å². The first-order chi connectivity index (χ1) is 11.4. The molecule has 3 rings (SSSR count). The highest BCUT2D eigenvalue weighted by molar-refractivity contribution is 7.89. The van der Waals surface area contributed by atoms with Crippen molar-refractivity contribution in [2.24, 2.45) is 5.73 Å². The van der Waals surface area contributed by atoms with Crippen molar-refractivity contribution >= 4 is 27.3 Å². The zero-order chi connectivity index (χ0) is 17.3. The molecule has 1 aliphatic heterocycles. The molecule has 1 fully saturated rings. The van der Waals surface area contributed by atoms with E-state index in [0.29, 0.717) is 13.1 Å². The predicted octanol–water partition coefficient (Wildman–Crippen LogP) is 2.03. The lowest BCUT2D eigenvalue weighted by Gasteiger charge is -2.17. The zero-order valence-corrected chi connectivity index (χ0v) is 14.8. The number of thiophene rings is 1. The number of hydrogen-bond donors (Lipinski definition) is 1. The van der Waals surface area contributed by atoms with Crippen molar-refractivity contribution in [3.8, 4) is 5.75 Å². The summed E-state index contributed by atoms with van der Waals surface area (Å²) < 4.78 is 32.2.